The largest absolute Gasteiger partial charge is 0.332 e. The van der Waals surface area contributed by atoms with Gasteiger partial charge in [-0.25, -0.2) is 4.79 Å². The maximum absolute atomic E-state index is 12.8. The molecule has 0 aliphatic heterocycles. The number of nitrogens with zero attached hydrogens (tertiary/aromatic N) is 5. The minimum absolute atomic E-state index is 0.0464. The molecule has 0 unspecified atom stereocenters. The highest BCUT2D eigenvalue weighted by Crippen LogP contribution is 2.27. The second kappa shape index (κ2) is 5.45. The number of aryl methyl sites for hydroxylation is 2. The summed E-state index contributed by atoms with van der Waals surface area (Å²) < 4.78 is 6.54. The van der Waals surface area contributed by atoms with Gasteiger partial charge in [0.1, 0.15) is 0 Å². The summed E-state index contributed by atoms with van der Waals surface area (Å²) in [6.07, 6.45) is 0. The van der Waals surface area contributed by atoms with E-state index < -0.39 is 0 Å². The topological polar surface area (TPSA) is 66.2 Å². The smallest absolute Gasteiger partial charge is 0.307 e. The van der Waals surface area contributed by atoms with Crippen LogP contribution in [-0.2, 0) is 14.1 Å². The van der Waals surface area contributed by atoms with E-state index in [0.717, 1.165) is 21.5 Å². The second-order valence-corrected chi connectivity index (χ2v) is 6.75. The molecule has 0 amide bonds. The van der Waals surface area contributed by atoms with Gasteiger partial charge in [0.05, 0.1) is 6.04 Å². The van der Waals surface area contributed by atoms with E-state index in [2.05, 4.69) is 28.6 Å². The van der Waals surface area contributed by atoms with Crippen LogP contribution in [0.15, 0.2) is 39.9 Å². The van der Waals surface area contributed by atoms with Crippen molar-refractivity contribution in [3.8, 4) is 0 Å². The molecule has 0 fully saturated rings. The van der Waals surface area contributed by atoms with Crippen LogP contribution in [0.5, 0.6) is 0 Å². The van der Waals surface area contributed by atoms with Crippen molar-refractivity contribution in [1.82, 2.24) is 23.1 Å². The zero-order valence-corrected chi connectivity index (χ0v) is 15.5. The molecule has 3 aromatic heterocycles. The van der Waals surface area contributed by atoms with E-state index in [1.54, 1.807) is 7.05 Å². The van der Waals surface area contributed by atoms with E-state index in [9.17, 15) is 9.59 Å². The van der Waals surface area contributed by atoms with Crippen molar-refractivity contribution in [3.05, 3.63) is 68.1 Å². The molecule has 26 heavy (non-hydrogen) atoms. The lowest BCUT2D eigenvalue weighted by molar-refractivity contribution is 0.637. The fourth-order valence-electron chi connectivity index (χ4n) is 3.69. The maximum Gasteiger partial charge on any atom is 0.332 e. The van der Waals surface area contributed by atoms with Crippen LogP contribution in [0.3, 0.4) is 0 Å². The average Bonchev–Trinajstić information content (AvgIpc) is 3.14. The highest BCUT2D eigenvalue weighted by atomic mass is 16.2. The van der Waals surface area contributed by atoms with Crippen molar-refractivity contribution in [1.29, 1.82) is 0 Å². The summed E-state index contributed by atoms with van der Waals surface area (Å²) in [5.74, 6) is 0.671. The van der Waals surface area contributed by atoms with Crippen LogP contribution in [0, 0.1) is 13.8 Å². The predicted molar refractivity (Wildman–Crippen MR) is 101 cm³/mol. The third-order valence-corrected chi connectivity index (χ3v) is 5.35. The summed E-state index contributed by atoms with van der Waals surface area (Å²) in [5.41, 5.74) is 3.28. The fourth-order valence-corrected chi connectivity index (χ4v) is 3.69. The Morgan fingerprint density at radius 2 is 1.62 bits per heavy atom. The summed E-state index contributed by atoms with van der Waals surface area (Å²) >= 11 is 0. The summed E-state index contributed by atoms with van der Waals surface area (Å²) in [4.78, 5) is 29.7. The lowest BCUT2D eigenvalue weighted by atomic mass is 10.1. The molecule has 7 nitrogen and oxygen atoms in total. The Kier molecular flexibility index (Phi) is 3.44. The van der Waals surface area contributed by atoms with E-state index >= 15 is 0 Å². The Bertz CT molecular complexity index is 1270. The van der Waals surface area contributed by atoms with Gasteiger partial charge in [0.25, 0.3) is 5.56 Å². The first kappa shape index (κ1) is 16.4. The Labute approximate surface area is 149 Å². The van der Waals surface area contributed by atoms with Crippen molar-refractivity contribution < 1.29 is 0 Å². The molecular formula is C19H21N5O2. The molecule has 0 aliphatic carbocycles. The molecule has 0 spiro atoms. The standard InChI is InChI=1S/C19H21N5O2/c1-11-12(2)24-15-16(21(4)19(26)22(5)17(15)25)20-18(24)23(11)13(3)14-9-7-6-8-10-14/h6-10,13H,1-5H3/t13-/m1/s1. The third kappa shape index (κ3) is 1.97. The number of hydrogen-bond acceptors (Lipinski definition) is 3. The van der Waals surface area contributed by atoms with Gasteiger partial charge in [0.15, 0.2) is 11.2 Å². The number of imidazole rings is 2. The second-order valence-electron chi connectivity index (χ2n) is 6.75. The predicted octanol–water partition coefficient (Wildman–Crippen LogP) is 1.91. The maximum atomic E-state index is 12.8. The molecule has 134 valence electrons. The molecule has 0 radical (unpaired) electrons. The first-order chi connectivity index (χ1) is 12.3. The molecule has 7 heteroatoms. The number of fused-ring (bicyclic) bond motifs is 3. The van der Waals surface area contributed by atoms with Crippen molar-refractivity contribution in [2.45, 2.75) is 26.8 Å². The number of rotatable bonds is 2. The van der Waals surface area contributed by atoms with Gasteiger partial charge < -0.3 is 4.57 Å². The van der Waals surface area contributed by atoms with E-state index in [-0.39, 0.29) is 17.3 Å². The quantitative estimate of drug-likeness (QED) is 0.554. The van der Waals surface area contributed by atoms with Crippen LogP contribution in [0.25, 0.3) is 16.9 Å². The van der Waals surface area contributed by atoms with Gasteiger partial charge in [0.2, 0.25) is 5.78 Å². The molecule has 0 saturated carbocycles. The molecule has 1 atom stereocenters. The highest BCUT2D eigenvalue weighted by molar-refractivity contribution is 5.76. The zero-order valence-electron chi connectivity index (χ0n) is 15.5. The van der Waals surface area contributed by atoms with Crippen molar-refractivity contribution in [2.75, 3.05) is 0 Å². The van der Waals surface area contributed by atoms with Gasteiger partial charge in [-0.15, -0.1) is 0 Å². The number of benzene rings is 1. The normalized spacial score (nSPS) is 13.0. The van der Waals surface area contributed by atoms with Crippen LogP contribution in [0.4, 0.5) is 0 Å². The molecule has 0 N–H and O–H groups in total. The summed E-state index contributed by atoms with van der Waals surface area (Å²) in [5, 5.41) is 0. The lowest BCUT2D eigenvalue weighted by Crippen LogP contribution is -2.37. The van der Waals surface area contributed by atoms with Crippen LogP contribution in [0.1, 0.15) is 29.9 Å². The third-order valence-electron chi connectivity index (χ3n) is 5.35. The first-order valence-corrected chi connectivity index (χ1v) is 8.55. The Morgan fingerprint density at radius 3 is 2.27 bits per heavy atom. The highest BCUT2D eigenvalue weighted by Gasteiger charge is 2.24. The minimum Gasteiger partial charge on any atom is -0.307 e. The van der Waals surface area contributed by atoms with Crippen molar-refractivity contribution >= 4 is 16.9 Å². The van der Waals surface area contributed by atoms with E-state index in [0.29, 0.717) is 16.9 Å². The van der Waals surface area contributed by atoms with Crippen molar-refractivity contribution in [2.24, 2.45) is 14.1 Å². The Balaban J connectivity index is 2.16. The van der Waals surface area contributed by atoms with Gasteiger partial charge >= 0.3 is 5.69 Å². The van der Waals surface area contributed by atoms with Crippen LogP contribution >= 0.6 is 0 Å². The van der Waals surface area contributed by atoms with Gasteiger partial charge in [-0.3, -0.25) is 18.3 Å². The summed E-state index contributed by atoms with van der Waals surface area (Å²) in [6.45, 7) is 6.11. The molecule has 4 aromatic rings. The molecule has 0 aliphatic rings. The van der Waals surface area contributed by atoms with E-state index in [1.807, 2.05) is 36.4 Å². The van der Waals surface area contributed by atoms with Crippen LogP contribution < -0.4 is 11.2 Å². The Morgan fingerprint density at radius 1 is 0.962 bits per heavy atom. The monoisotopic (exact) mass is 351 g/mol. The number of hydrogen-bond donors (Lipinski definition) is 0. The molecule has 0 bridgehead atoms. The molecule has 3 heterocycles. The number of aromatic nitrogens is 5. The summed E-state index contributed by atoms with van der Waals surface area (Å²) in [7, 11) is 3.14. The molecule has 4 rings (SSSR count). The van der Waals surface area contributed by atoms with Gasteiger partial charge in [-0.1, -0.05) is 30.3 Å². The Hall–Kier alpha value is -3.09. The SMILES string of the molecule is Cc1c(C)n2c3c(=O)n(C)c(=O)n(C)c3nc2n1[C@H](C)c1ccccc1. The molecule has 0 saturated heterocycles. The van der Waals surface area contributed by atoms with Crippen LogP contribution in [-0.4, -0.2) is 23.1 Å². The van der Waals surface area contributed by atoms with E-state index in [4.69, 9.17) is 0 Å². The minimum atomic E-state index is -0.375. The van der Waals surface area contributed by atoms with Gasteiger partial charge in [-0.05, 0) is 26.3 Å². The zero-order chi connectivity index (χ0) is 18.7. The van der Waals surface area contributed by atoms with Crippen molar-refractivity contribution in [3.63, 3.8) is 0 Å². The molecular weight excluding hydrogens is 330 g/mol. The lowest BCUT2D eigenvalue weighted by Gasteiger charge is -2.16. The van der Waals surface area contributed by atoms with Crippen LogP contribution in [0.2, 0.25) is 0 Å². The molecule has 1 aromatic carbocycles. The van der Waals surface area contributed by atoms with E-state index in [1.165, 1.54) is 11.6 Å². The average molecular weight is 351 g/mol. The van der Waals surface area contributed by atoms with Gasteiger partial charge in [0, 0.05) is 25.5 Å². The summed E-state index contributed by atoms with van der Waals surface area (Å²) in [6, 6.07) is 10.2. The van der Waals surface area contributed by atoms with Gasteiger partial charge in [-0.2, -0.15) is 4.98 Å². The first-order valence-electron chi connectivity index (χ1n) is 8.55. The fraction of sp³-hybridized carbons (Fsp3) is 0.316.